The highest BCUT2D eigenvalue weighted by atomic mass is 16.5. The molecule has 6 nitrogen and oxygen atoms in total. The molecule has 0 radical (unpaired) electrons. The normalized spacial score (nSPS) is 10.6. The molecule has 1 amide bonds. The highest BCUT2D eigenvalue weighted by Crippen LogP contribution is 2.28. The van der Waals surface area contributed by atoms with Crippen molar-refractivity contribution in [3.05, 3.63) is 53.1 Å². The molecule has 0 aliphatic rings. The number of carboxylic acid groups (broad SMARTS) is 1. The number of amides is 1. The van der Waals surface area contributed by atoms with Crippen LogP contribution in [-0.2, 0) is 6.42 Å². The van der Waals surface area contributed by atoms with Crippen molar-refractivity contribution in [2.45, 2.75) is 20.3 Å². The zero-order valence-electron chi connectivity index (χ0n) is 14.4. The number of carboxylic acids is 1. The summed E-state index contributed by atoms with van der Waals surface area (Å²) in [5.74, 6) is -1.05. The zero-order chi connectivity index (χ0) is 18.6. The van der Waals surface area contributed by atoms with Gasteiger partial charge in [-0.2, -0.15) is 0 Å². The molecule has 0 heterocycles. The Hall–Kier alpha value is -3.02. The summed E-state index contributed by atoms with van der Waals surface area (Å²) in [4.78, 5) is 23.5. The van der Waals surface area contributed by atoms with Gasteiger partial charge in [-0.05, 0) is 48.2 Å². The number of carbonyl (C=O) groups is 2. The number of aromatic hydroxyl groups is 1. The Labute approximate surface area is 146 Å². The summed E-state index contributed by atoms with van der Waals surface area (Å²) in [7, 11) is 1.39. The summed E-state index contributed by atoms with van der Waals surface area (Å²) in [6, 6.07) is 9.09. The van der Waals surface area contributed by atoms with Crippen molar-refractivity contribution in [3.63, 3.8) is 0 Å². The molecule has 2 aromatic rings. The number of phenols is 1. The minimum Gasteiger partial charge on any atom is -0.507 e. The quantitative estimate of drug-likeness (QED) is 0.745. The lowest BCUT2D eigenvalue weighted by atomic mass is 10.00. The lowest BCUT2D eigenvalue weighted by Gasteiger charge is -2.13. The molecule has 0 saturated carbocycles. The lowest BCUT2D eigenvalue weighted by Crippen LogP contribution is -2.14. The molecule has 0 spiro atoms. The van der Waals surface area contributed by atoms with Crippen LogP contribution < -0.4 is 10.1 Å². The number of phenolic OH excluding ortho intramolecular Hbond substituents is 1. The van der Waals surface area contributed by atoms with Crippen LogP contribution in [0.4, 0.5) is 5.69 Å². The van der Waals surface area contributed by atoms with Gasteiger partial charge in [-0.15, -0.1) is 0 Å². The highest BCUT2D eigenvalue weighted by molar-refractivity contribution is 6.07. The number of hydrogen-bond donors (Lipinski definition) is 3. The predicted octanol–water partition coefficient (Wildman–Crippen LogP) is 3.55. The molecule has 0 saturated heterocycles. The molecule has 0 aliphatic heterocycles. The fourth-order valence-corrected chi connectivity index (χ4v) is 2.48. The topological polar surface area (TPSA) is 95.9 Å². The predicted molar refractivity (Wildman–Crippen MR) is 94.6 cm³/mol. The van der Waals surface area contributed by atoms with E-state index in [1.165, 1.54) is 31.4 Å². The maximum atomic E-state index is 12.5. The van der Waals surface area contributed by atoms with Crippen LogP contribution in [0.1, 0.15) is 40.1 Å². The van der Waals surface area contributed by atoms with Gasteiger partial charge in [-0.3, -0.25) is 4.79 Å². The molecule has 0 bridgehead atoms. The summed E-state index contributed by atoms with van der Waals surface area (Å²) in [6.45, 7) is 4.14. The van der Waals surface area contributed by atoms with E-state index in [4.69, 9.17) is 9.84 Å². The van der Waals surface area contributed by atoms with Crippen LogP contribution in [0.2, 0.25) is 0 Å². The summed E-state index contributed by atoms with van der Waals surface area (Å²) in [6.07, 6.45) is 0.789. The smallest absolute Gasteiger partial charge is 0.335 e. The fraction of sp³-hybridized carbons (Fsp3) is 0.263. The van der Waals surface area contributed by atoms with Crippen molar-refractivity contribution in [2.24, 2.45) is 5.92 Å². The van der Waals surface area contributed by atoms with Gasteiger partial charge in [0.15, 0.2) is 0 Å². The van der Waals surface area contributed by atoms with Crippen LogP contribution in [-0.4, -0.2) is 29.2 Å². The van der Waals surface area contributed by atoms with Gasteiger partial charge in [0.1, 0.15) is 11.5 Å². The monoisotopic (exact) mass is 343 g/mol. The van der Waals surface area contributed by atoms with Crippen molar-refractivity contribution in [1.29, 1.82) is 0 Å². The molecule has 3 N–H and O–H groups in total. The van der Waals surface area contributed by atoms with E-state index in [0.29, 0.717) is 11.6 Å². The lowest BCUT2D eigenvalue weighted by molar-refractivity contribution is 0.0696. The number of rotatable bonds is 6. The average Bonchev–Trinajstić information content (AvgIpc) is 2.56. The van der Waals surface area contributed by atoms with Crippen LogP contribution in [0.25, 0.3) is 0 Å². The number of benzene rings is 2. The number of methoxy groups -OCH3 is 1. The maximum absolute atomic E-state index is 12.5. The van der Waals surface area contributed by atoms with Crippen molar-refractivity contribution < 1.29 is 24.5 Å². The molecule has 0 unspecified atom stereocenters. The van der Waals surface area contributed by atoms with Crippen molar-refractivity contribution in [1.82, 2.24) is 0 Å². The second-order valence-electron chi connectivity index (χ2n) is 6.12. The van der Waals surface area contributed by atoms with Gasteiger partial charge < -0.3 is 20.3 Å². The fourth-order valence-electron chi connectivity index (χ4n) is 2.48. The van der Waals surface area contributed by atoms with E-state index in [0.717, 1.165) is 12.0 Å². The Morgan fingerprint density at radius 1 is 1.16 bits per heavy atom. The molecule has 6 heteroatoms. The van der Waals surface area contributed by atoms with E-state index in [-0.39, 0.29) is 22.6 Å². The number of nitrogens with one attached hydrogen (secondary N) is 1. The first-order valence-electron chi connectivity index (χ1n) is 7.86. The van der Waals surface area contributed by atoms with Crippen LogP contribution in [0.3, 0.4) is 0 Å². The van der Waals surface area contributed by atoms with Gasteiger partial charge in [-0.1, -0.05) is 19.9 Å². The standard InChI is InChI=1S/C19H21NO5/c1-11(2)8-12-4-7-16(21)14(9-12)18(22)20-15-6-5-13(19(23)24)10-17(15)25-3/h4-7,9-11,21H,8H2,1-3H3,(H,20,22)(H,23,24). The van der Waals surface area contributed by atoms with E-state index in [1.807, 2.05) is 0 Å². The first kappa shape index (κ1) is 18.3. The Kier molecular flexibility index (Phi) is 5.64. The van der Waals surface area contributed by atoms with Gasteiger partial charge in [0.05, 0.1) is 23.9 Å². The molecular formula is C19H21NO5. The third-order valence-corrected chi connectivity index (χ3v) is 3.65. The Morgan fingerprint density at radius 3 is 2.48 bits per heavy atom. The summed E-state index contributed by atoms with van der Waals surface area (Å²) < 4.78 is 5.14. The first-order valence-corrected chi connectivity index (χ1v) is 7.86. The van der Waals surface area contributed by atoms with Crippen LogP contribution in [0.15, 0.2) is 36.4 Å². The SMILES string of the molecule is COc1cc(C(=O)O)ccc1NC(=O)c1cc(CC(C)C)ccc1O. The second-order valence-corrected chi connectivity index (χ2v) is 6.12. The molecule has 132 valence electrons. The highest BCUT2D eigenvalue weighted by Gasteiger charge is 2.16. The first-order chi connectivity index (χ1) is 11.8. The Morgan fingerprint density at radius 2 is 1.88 bits per heavy atom. The molecule has 0 aliphatic carbocycles. The molecule has 0 aromatic heterocycles. The Bertz CT molecular complexity index is 798. The minimum atomic E-state index is -1.09. The van der Waals surface area contributed by atoms with Crippen LogP contribution in [0.5, 0.6) is 11.5 Å². The third kappa shape index (κ3) is 4.50. The number of aromatic carboxylic acids is 1. The molecular weight excluding hydrogens is 322 g/mol. The largest absolute Gasteiger partial charge is 0.507 e. The molecule has 0 atom stereocenters. The summed E-state index contributed by atoms with van der Waals surface area (Å²) in [5.41, 5.74) is 1.48. The average molecular weight is 343 g/mol. The number of hydrogen-bond acceptors (Lipinski definition) is 4. The molecule has 2 aromatic carbocycles. The second kappa shape index (κ2) is 7.70. The van der Waals surface area contributed by atoms with Gasteiger partial charge in [0.25, 0.3) is 5.91 Å². The van der Waals surface area contributed by atoms with Crippen LogP contribution >= 0.6 is 0 Å². The zero-order valence-corrected chi connectivity index (χ0v) is 14.4. The van der Waals surface area contributed by atoms with E-state index < -0.39 is 11.9 Å². The van der Waals surface area contributed by atoms with Gasteiger partial charge in [0, 0.05) is 0 Å². The third-order valence-electron chi connectivity index (χ3n) is 3.65. The Balaban J connectivity index is 2.29. The number of anilines is 1. The summed E-state index contributed by atoms with van der Waals surface area (Å²) in [5, 5.41) is 21.7. The van der Waals surface area contributed by atoms with Crippen molar-refractivity contribution in [2.75, 3.05) is 12.4 Å². The number of carbonyl (C=O) groups excluding carboxylic acids is 1. The van der Waals surface area contributed by atoms with E-state index in [2.05, 4.69) is 19.2 Å². The van der Waals surface area contributed by atoms with E-state index in [9.17, 15) is 14.7 Å². The number of ether oxygens (including phenoxy) is 1. The molecule has 2 rings (SSSR count). The molecule has 25 heavy (non-hydrogen) atoms. The van der Waals surface area contributed by atoms with E-state index >= 15 is 0 Å². The van der Waals surface area contributed by atoms with E-state index in [1.54, 1.807) is 12.1 Å². The summed E-state index contributed by atoms with van der Waals surface area (Å²) >= 11 is 0. The van der Waals surface area contributed by atoms with Gasteiger partial charge in [0.2, 0.25) is 0 Å². The molecule has 0 fully saturated rings. The van der Waals surface area contributed by atoms with Gasteiger partial charge >= 0.3 is 5.97 Å². The minimum absolute atomic E-state index is 0.0524. The van der Waals surface area contributed by atoms with Crippen LogP contribution in [0, 0.1) is 5.92 Å². The van der Waals surface area contributed by atoms with Gasteiger partial charge in [-0.25, -0.2) is 4.79 Å². The van der Waals surface area contributed by atoms with Crippen molar-refractivity contribution in [3.8, 4) is 11.5 Å². The maximum Gasteiger partial charge on any atom is 0.335 e. The van der Waals surface area contributed by atoms with Crippen molar-refractivity contribution >= 4 is 17.6 Å².